The average molecular weight is 275 g/mol. The first-order valence-electron chi connectivity index (χ1n) is 7.24. The maximum absolute atomic E-state index is 12.1. The number of rotatable bonds is 4. The first kappa shape index (κ1) is 13.3. The van der Waals surface area contributed by atoms with Gasteiger partial charge in [-0.2, -0.15) is 0 Å². The SMILES string of the molecule is NCC1CCN(CCn2nc3ccccn3c2=O)CC1. The summed E-state index contributed by atoms with van der Waals surface area (Å²) in [5, 5.41) is 4.35. The Morgan fingerprint density at radius 1 is 1.25 bits per heavy atom. The van der Waals surface area contributed by atoms with Crippen molar-refractivity contribution < 1.29 is 0 Å². The number of hydrogen-bond donors (Lipinski definition) is 1. The second-order valence-electron chi connectivity index (χ2n) is 5.46. The molecule has 1 fully saturated rings. The van der Waals surface area contributed by atoms with Crippen molar-refractivity contribution in [3.8, 4) is 0 Å². The van der Waals surface area contributed by atoms with Gasteiger partial charge in [-0.25, -0.2) is 9.48 Å². The monoisotopic (exact) mass is 275 g/mol. The van der Waals surface area contributed by atoms with Crippen molar-refractivity contribution in [3.05, 3.63) is 34.9 Å². The summed E-state index contributed by atoms with van der Waals surface area (Å²) < 4.78 is 3.14. The molecule has 0 bridgehead atoms. The Balaban J connectivity index is 1.63. The van der Waals surface area contributed by atoms with Crippen LogP contribution in [-0.4, -0.2) is 45.3 Å². The summed E-state index contributed by atoms with van der Waals surface area (Å²) in [7, 11) is 0. The summed E-state index contributed by atoms with van der Waals surface area (Å²) in [5.74, 6) is 0.671. The van der Waals surface area contributed by atoms with Crippen LogP contribution in [0.2, 0.25) is 0 Å². The van der Waals surface area contributed by atoms with Crippen LogP contribution >= 0.6 is 0 Å². The predicted octanol–water partition coefficient (Wildman–Crippen LogP) is 0.167. The van der Waals surface area contributed by atoms with Crippen LogP contribution in [0, 0.1) is 5.92 Å². The molecule has 0 saturated carbocycles. The number of piperidine rings is 1. The molecule has 2 aromatic rings. The van der Waals surface area contributed by atoms with E-state index in [4.69, 9.17) is 5.73 Å². The summed E-state index contributed by atoms with van der Waals surface area (Å²) in [4.78, 5) is 14.5. The molecular weight excluding hydrogens is 254 g/mol. The van der Waals surface area contributed by atoms with Crippen LogP contribution in [0.5, 0.6) is 0 Å². The van der Waals surface area contributed by atoms with Gasteiger partial charge in [0.05, 0.1) is 6.54 Å². The minimum absolute atomic E-state index is 0.0579. The van der Waals surface area contributed by atoms with Gasteiger partial charge in [0.25, 0.3) is 0 Å². The second kappa shape index (κ2) is 5.76. The molecule has 0 radical (unpaired) electrons. The van der Waals surface area contributed by atoms with Gasteiger partial charge in [0, 0.05) is 12.7 Å². The van der Waals surface area contributed by atoms with E-state index in [-0.39, 0.29) is 5.69 Å². The van der Waals surface area contributed by atoms with Crippen molar-refractivity contribution in [3.63, 3.8) is 0 Å². The molecule has 2 aromatic heterocycles. The summed E-state index contributed by atoms with van der Waals surface area (Å²) in [6, 6.07) is 5.59. The lowest BCUT2D eigenvalue weighted by Crippen LogP contribution is -2.38. The number of nitrogens with two attached hydrogens (primary N) is 1. The standard InChI is InChI=1S/C14H21N5O/c15-11-12-4-7-17(8-5-12)9-10-19-14(20)18-6-2-1-3-13(18)16-19/h1-3,6,12H,4-5,7-11,15H2. The Hall–Kier alpha value is -1.66. The molecule has 1 aliphatic rings. The number of hydrogen-bond acceptors (Lipinski definition) is 4. The molecule has 6 nitrogen and oxygen atoms in total. The van der Waals surface area contributed by atoms with Gasteiger partial charge in [0.15, 0.2) is 5.65 Å². The lowest BCUT2D eigenvalue weighted by atomic mass is 9.97. The van der Waals surface area contributed by atoms with E-state index in [9.17, 15) is 4.79 Å². The van der Waals surface area contributed by atoms with Crippen LogP contribution in [0.1, 0.15) is 12.8 Å². The predicted molar refractivity (Wildman–Crippen MR) is 77.7 cm³/mol. The summed E-state index contributed by atoms with van der Waals surface area (Å²) >= 11 is 0. The van der Waals surface area contributed by atoms with Gasteiger partial charge in [-0.15, -0.1) is 5.10 Å². The number of fused-ring (bicyclic) bond motifs is 1. The lowest BCUT2D eigenvalue weighted by molar-refractivity contribution is 0.179. The van der Waals surface area contributed by atoms with Gasteiger partial charge in [-0.3, -0.25) is 4.40 Å². The fraction of sp³-hybridized carbons (Fsp3) is 0.571. The molecule has 2 N–H and O–H groups in total. The van der Waals surface area contributed by atoms with Crippen LogP contribution in [0.15, 0.2) is 29.2 Å². The van der Waals surface area contributed by atoms with E-state index in [0.717, 1.165) is 39.0 Å². The van der Waals surface area contributed by atoms with Gasteiger partial charge in [-0.1, -0.05) is 6.07 Å². The zero-order valence-corrected chi connectivity index (χ0v) is 11.6. The minimum atomic E-state index is -0.0579. The third kappa shape index (κ3) is 2.62. The van der Waals surface area contributed by atoms with Crippen molar-refractivity contribution in [2.75, 3.05) is 26.2 Å². The molecule has 6 heteroatoms. The number of aromatic nitrogens is 3. The van der Waals surface area contributed by atoms with Gasteiger partial charge < -0.3 is 10.6 Å². The first-order valence-corrected chi connectivity index (χ1v) is 7.24. The Labute approximate surface area is 117 Å². The quantitative estimate of drug-likeness (QED) is 0.863. The van der Waals surface area contributed by atoms with Crippen molar-refractivity contribution in [1.82, 2.24) is 19.1 Å². The molecule has 0 atom stereocenters. The largest absolute Gasteiger partial charge is 0.350 e. The lowest BCUT2D eigenvalue weighted by Gasteiger charge is -2.31. The number of pyridine rings is 1. The zero-order valence-electron chi connectivity index (χ0n) is 11.6. The van der Waals surface area contributed by atoms with Crippen LogP contribution in [0.4, 0.5) is 0 Å². The average Bonchev–Trinajstić information content (AvgIpc) is 2.83. The highest BCUT2D eigenvalue weighted by Gasteiger charge is 2.18. The number of likely N-dealkylation sites (tertiary alicyclic amines) is 1. The summed E-state index contributed by atoms with van der Waals surface area (Å²) in [6.45, 7) is 4.46. The van der Waals surface area contributed by atoms with Crippen LogP contribution in [0.3, 0.4) is 0 Å². The fourth-order valence-electron chi connectivity index (χ4n) is 2.80. The van der Waals surface area contributed by atoms with E-state index in [0.29, 0.717) is 18.1 Å². The van der Waals surface area contributed by atoms with Crippen molar-refractivity contribution >= 4 is 5.65 Å². The van der Waals surface area contributed by atoms with Crippen LogP contribution in [0.25, 0.3) is 5.65 Å². The van der Waals surface area contributed by atoms with Gasteiger partial charge in [0.2, 0.25) is 0 Å². The Bertz CT molecular complexity index is 624. The molecule has 0 unspecified atom stereocenters. The van der Waals surface area contributed by atoms with Crippen LogP contribution in [-0.2, 0) is 6.54 Å². The topological polar surface area (TPSA) is 68.6 Å². The molecule has 1 aliphatic heterocycles. The molecular formula is C14H21N5O. The molecule has 20 heavy (non-hydrogen) atoms. The van der Waals surface area contributed by atoms with Gasteiger partial charge >= 0.3 is 5.69 Å². The molecule has 0 aliphatic carbocycles. The van der Waals surface area contributed by atoms with E-state index in [2.05, 4.69) is 10.00 Å². The molecule has 3 heterocycles. The molecule has 0 spiro atoms. The van der Waals surface area contributed by atoms with Crippen molar-refractivity contribution in [2.45, 2.75) is 19.4 Å². The second-order valence-corrected chi connectivity index (χ2v) is 5.46. The molecule has 1 saturated heterocycles. The maximum Gasteiger partial charge on any atom is 0.350 e. The van der Waals surface area contributed by atoms with Gasteiger partial charge in [0.1, 0.15) is 0 Å². The van der Waals surface area contributed by atoms with E-state index in [1.807, 2.05) is 18.2 Å². The highest BCUT2D eigenvalue weighted by Crippen LogP contribution is 2.15. The normalized spacial score (nSPS) is 17.9. The van der Waals surface area contributed by atoms with E-state index >= 15 is 0 Å². The fourth-order valence-corrected chi connectivity index (χ4v) is 2.80. The Morgan fingerprint density at radius 3 is 2.75 bits per heavy atom. The smallest absolute Gasteiger partial charge is 0.330 e. The minimum Gasteiger partial charge on any atom is -0.330 e. The Kier molecular flexibility index (Phi) is 3.84. The molecule has 0 amide bonds. The van der Waals surface area contributed by atoms with Crippen LogP contribution < -0.4 is 11.4 Å². The third-order valence-electron chi connectivity index (χ3n) is 4.16. The van der Waals surface area contributed by atoms with Crippen molar-refractivity contribution in [2.24, 2.45) is 11.7 Å². The molecule has 108 valence electrons. The third-order valence-corrected chi connectivity index (χ3v) is 4.16. The van der Waals surface area contributed by atoms with E-state index < -0.39 is 0 Å². The highest BCUT2D eigenvalue weighted by molar-refractivity contribution is 5.35. The summed E-state index contributed by atoms with van der Waals surface area (Å²) in [5.41, 5.74) is 6.35. The Morgan fingerprint density at radius 2 is 2.05 bits per heavy atom. The van der Waals surface area contributed by atoms with Gasteiger partial charge in [-0.05, 0) is 50.5 Å². The zero-order chi connectivity index (χ0) is 13.9. The highest BCUT2D eigenvalue weighted by atomic mass is 16.2. The summed E-state index contributed by atoms with van der Waals surface area (Å²) in [6.07, 6.45) is 4.08. The van der Waals surface area contributed by atoms with Crippen molar-refractivity contribution in [1.29, 1.82) is 0 Å². The molecule has 3 rings (SSSR count). The first-order chi connectivity index (χ1) is 9.78. The van der Waals surface area contributed by atoms with E-state index in [1.54, 1.807) is 15.3 Å². The maximum atomic E-state index is 12.1. The molecule has 0 aromatic carbocycles. The number of nitrogens with zero attached hydrogens (tertiary/aromatic N) is 4. The van der Waals surface area contributed by atoms with E-state index in [1.165, 1.54) is 0 Å².